The first-order valence-corrected chi connectivity index (χ1v) is 7.82. The molecule has 0 aromatic heterocycles. The Bertz CT molecular complexity index is 672. The molecule has 2 rings (SSSR count). The smallest absolute Gasteiger partial charge is 0.407 e. The predicted octanol–water partition coefficient (Wildman–Crippen LogP) is 3.39. The lowest BCUT2D eigenvalue weighted by Crippen LogP contribution is -2.56. The highest BCUT2D eigenvalue weighted by atomic mass is 16.5. The second-order valence-corrected chi connectivity index (χ2v) is 5.47. The van der Waals surface area contributed by atoms with Crippen LogP contribution in [0.5, 0.6) is 0 Å². The van der Waals surface area contributed by atoms with E-state index >= 15 is 0 Å². The summed E-state index contributed by atoms with van der Waals surface area (Å²) in [5.41, 5.74) is 0.128. The first kappa shape index (κ1) is 17.7. The third-order valence-electron chi connectivity index (χ3n) is 3.79. The predicted molar refractivity (Wildman–Crippen MR) is 90.6 cm³/mol. The van der Waals surface area contributed by atoms with Crippen molar-refractivity contribution in [3.63, 3.8) is 0 Å². The fourth-order valence-electron chi connectivity index (χ4n) is 2.45. The number of Topliss-reactive ketones (excluding diaryl/α,β-unsaturated/α-hetero) is 1. The Kier molecular flexibility index (Phi) is 6.09. The summed E-state index contributed by atoms with van der Waals surface area (Å²) in [6, 6.07) is 18.5. The number of amides is 1. The Morgan fingerprint density at radius 3 is 2.04 bits per heavy atom. The van der Waals surface area contributed by atoms with Crippen LogP contribution in [0.4, 0.5) is 4.79 Å². The number of benzene rings is 2. The molecule has 0 aliphatic heterocycles. The number of hydrogen-bond acceptors (Lipinski definition) is 3. The van der Waals surface area contributed by atoms with Gasteiger partial charge >= 0.3 is 6.09 Å². The van der Waals surface area contributed by atoms with Gasteiger partial charge in [0.15, 0.2) is 5.78 Å². The third-order valence-corrected chi connectivity index (χ3v) is 3.79. The summed E-state index contributed by atoms with van der Waals surface area (Å²) >= 11 is 0. The van der Waals surface area contributed by atoms with Crippen LogP contribution in [0.1, 0.15) is 24.5 Å². The van der Waals surface area contributed by atoms with E-state index in [4.69, 9.17) is 9.84 Å². The molecule has 5 heteroatoms. The van der Waals surface area contributed by atoms with E-state index in [1.54, 1.807) is 6.92 Å². The molecule has 5 nitrogen and oxygen atoms in total. The van der Waals surface area contributed by atoms with Gasteiger partial charge in [0.25, 0.3) is 0 Å². The van der Waals surface area contributed by atoms with Gasteiger partial charge in [-0.05, 0) is 11.1 Å². The van der Waals surface area contributed by atoms with Crippen LogP contribution in [0.2, 0.25) is 0 Å². The van der Waals surface area contributed by atoms with Gasteiger partial charge in [-0.2, -0.15) is 0 Å². The fraction of sp³-hybridized carbons (Fsp3) is 0.263. The van der Waals surface area contributed by atoms with Gasteiger partial charge < -0.3 is 9.84 Å². The van der Waals surface area contributed by atoms with Crippen LogP contribution in [0, 0.1) is 0 Å². The molecule has 0 saturated heterocycles. The summed E-state index contributed by atoms with van der Waals surface area (Å²) in [5.74, 6) is -0.311. The largest absolute Gasteiger partial charge is 0.465 e. The van der Waals surface area contributed by atoms with E-state index in [1.807, 2.05) is 60.7 Å². The minimum atomic E-state index is -1.56. The Morgan fingerprint density at radius 2 is 1.54 bits per heavy atom. The van der Waals surface area contributed by atoms with Gasteiger partial charge in [0.2, 0.25) is 5.72 Å². The van der Waals surface area contributed by atoms with Crippen LogP contribution < -0.4 is 5.32 Å². The second-order valence-electron chi connectivity index (χ2n) is 5.47. The molecule has 0 spiro atoms. The average Bonchev–Trinajstić information content (AvgIpc) is 2.60. The minimum absolute atomic E-state index is 0.101. The molecule has 0 aliphatic carbocycles. The van der Waals surface area contributed by atoms with E-state index in [1.165, 1.54) is 0 Å². The van der Waals surface area contributed by atoms with Gasteiger partial charge in [-0.25, -0.2) is 4.79 Å². The summed E-state index contributed by atoms with van der Waals surface area (Å²) in [6.45, 7) is 1.87. The molecule has 1 unspecified atom stereocenters. The average molecular weight is 327 g/mol. The molecule has 0 aliphatic rings. The van der Waals surface area contributed by atoms with E-state index < -0.39 is 11.8 Å². The van der Waals surface area contributed by atoms with Crippen molar-refractivity contribution in [1.82, 2.24) is 5.32 Å². The monoisotopic (exact) mass is 327 g/mol. The second kappa shape index (κ2) is 8.26. The molecule has 0 fully saturated rings. The van der Waals surface area contributed by atoms with Crippen molar-refractivity contribution in [2.75, 3.05) is 0 Å². The van der Waals surface area contributed by atoms with Crippen LogP contribution in [-0.2, 0) is 22.6 Å². The topological polar surface area (TPSA) is 75.6 Å². The first-order chi connectivity index (χ1) is 11.6. The van der Waals surface area contributed by atoms with Crippen molar-refractivity contribution in [3.8, 4) is 0 Å². The maximum absolute atomic E-state index is 12.8. The van der Waals surface area contributed by atoms with Crippen LogP contribution >= 0.6 is 0 Å². The molecule has 0 radical (unpaired) electrons. The van der Waals surface area contributed by atoms with Crippen molar-refractivity contribution in [2.45, 2.75) is 32.1 Å². The summed E-state index contributed by atoms with van der Waals surface area (Å²) in [7, 11) is 0. The van der Waals surface area contributed by atoms with Gasteiger partial charge in [0.1, 0.15) is 0 Å². The summed E-state index contributed by atoms with van der Waals surface area (Å²) in [4.78, 5) is 24.0. The summed E-state index contributed by atoms with van der Waals surface area (Å²) < 4.78 is 5.77. The standard InChI is InChI=1S/C19H21NO4/c1-2-19(20-18(22)23,24-14-16-11-7-4-8-12-16)17(21)13-15-9-5-3-6-10-15/h3-12,20H,2,13-14H2,1H3,(H,22,23). The normalized spacial score (nSPS) is 13.0. The molecule has 0 bridgehead atoms. The molecule has 1 atom stereocenters. The zero-order valence-electron chi connectivity index (χ0n) is 13.6. The quantitative estimate of drug-likeness (QED) is 0.729. The van der Waals surface area contributed by atoms with Crippen molar-refractivity contribution < 1.29 is 19.4 Å². The Balaban J connectivity index is 2.18. The number of ether oxygens (including phenoxy) is 1. The van der Waals surface area contributed by atoms with Crippen LogP contribution in [0.3, 0.4) is 0 Å². The van der Waals surface area contributed by atoms with Crippen molar-refractivity contribution in [3.05, 3.63) is 71.8 Å². The summed E-state index contributed by atoms with van der Waals surface area (Å²) in [6.07, 6.45) is -0.979. The molecule has 24 heavy (non-hydrogen) atoms. The van der Waals surface area contributed by atoms with Crippen LogP contribution in [0.25, 0.3) is 0 Å². The minimum Gasteiger partial charge on any atom is -0.465 e. The molecule has 126 valence electrons. The number of hydrogen-bond donors (Lipinski definition) is 2. The van der Waals surface area contributed by atoms with Crippen molar-refractivity contribution in [1.29, 1.82) is 0 Å². The Labute approximate surface area is 141 Å². The Morgan fingerprint density at radius 1 is 1.00 bits per heavy atom. The third kappa shape index (κ3) is 4.67. The molecule has 0 saturated carbocycles. The zero-order chi connectivity index (χ0) is 17.4. The zero-order valence-corrected chi connectivity index (χ0v) is 13.6. The number of carbonyl (C=O) groups is 2. The van der Waals surface area contributed by atoms with Crippen LogP contribution in [0.15, 0.2) is 60.7 Å². The maximum atomic E-state index is 12.8. The molecule has 2 N–H and O–H groups in total. The highest BCUT2D eigenvalue weighted by Crippen LogP contribution is 2.19. The van der Waals surface area contributed by atoms with Gasteiger partial charge in [-0.15, -0.1) is 0 Å². The lowest BCUT2D eigenvalue weighted by molar-refractivity contribution is -0.151. The van der Waals surface area contributed by atoms with Gasteiger partial charge in [0, 0.05) is 12.8 Å². The highest BCUT2D eigenvalue weighted by molar-refractivity contribution is 5.91. The number of nitrogens with one attached hydrogen (secondary N) is 1. The summed E-state index contributed by atoms with van der Waals surface area (Å²) in [5, 5.41) is 11.4. The highest BCUT2D eigenvalue weighted by Gasteiger charge is 2.39. The molecule has 2 aromatic carbocycles. The number of carbonyl (C=O) groups excluding carboxylic acids is 1. The van der Waals surface area contributed by atoms with Crippen LogP contribution in [-0.4, -0.2) is 22.7 Å². The van der Waals surface area contributed by atoms with Crippen molar-refractivity contribution >= 4 is 11.9 Å². The maximum Gasteiger partial charge on any atom is 0.407 e. The Hall–Kier alpha value is -2.66. The molecule has 1 amide bonds. The van der Waals surface area contributed by atoms with Gasteiger partial charge in [0.05, 0.1) is 6.61 Å². The van der Waals surface area contributed by atoms with E-state index in [9.17, 15) is 9.59 Å². The lowest BCUT2D eigenvalue weighted by Gasteiger charge is -2.31. The van der Waals surface area contributed by atoms with E-state index in [2.05, 4.69) is 5.32 Å². The van der Waals surface area contributed by atoms with E-state index in [-0.39, 0.29) is 25.2 Å². The number of carboxylic acid groups (broad SMARTS) is 1. The lowest BCUT2D eigenvalue weighted by atomic mass is 9.98. The number of rotatable bonds is 8. The number of ketones is 1. The first-order valence-electron chi connectivity index (χ1n) is 7.82. The fourth-order valence-corrected chi connectivity index (χ4v) is 2.45. The molecule has 2 aromatic rings. The van der Waals surface area contributed by atoms with Gasteiger partial charge in [-0.3, -0.25) is 10.1 Å². The molecular formula is C19H21NO4. The van der Waals surface area contributed by atoms with E-state index in [0.29, 0.717) is 0 Å². The van der Waals surface area contributed by atoms with Crippen molar-refractivity contribution in [2.24, 2.45) is 0 Å². The molecular weight excluding hydrogens is 306 g/mol. The van der Waals surface area contributed by atoms with E-state index in [0.717, 1.165) is 11.1 Å². The van der Waals surface area contributed by atoms with Gasteiger partial charge in [-0.1, -0.05) is 67.6 Å². The SMILES string of the molecule is CCC(NC(=O)O)(OCc1ccccc1)C(=O)Cc1ccccc1. The molecule has 0 heterocycles.